The van der Waals surface area contributed by atoms with E-state index in [1.165, 1.54) is 7.11 Å². The van der Waals surface area contributed by atoms with Crippen molar-refractivity contribution in [3.8, 4) is 23.1 Å². The Kier molecular flexibility index (Phi) is 3.61. The topological polar surface area (TPSA) is 45.9 Å². The summed E-state index contributed by atoms with van der Waals surface area (Å²) in [5.74, 6) is 0.569. The molecule has 2 rings (SSSR count). The number of halogens is 3. The molecule has 20 heavy (non-hydrogen) atoms. The van der Waals surface area contributed by atoms with Gasteiger partial charge in [0, 0.05) is 5.56 Å². The van der Waals surface area contributed by atoms with Gasteiger partial charge in [-0.25, -0.2) is 4.98 Å². The largest absolute Gasteiger partial charge is 0.497 e. The fraction of sp³-hybridized carbons (Fsp3) is 0.143. The number of ether oxygens (including phenoxy) is 1. The van der Waals surface area contributed by atoms with Crippen molar-refractivity contribution in [1.82, 2.24) is 4.98 Å². The maximum atomic E-state index is 12.7. The zero-order valence-corrected chi connectivity index (χ0v) is 10.4. The van der Waals surface area contributed by atoms with Crippen molar-refractivity contribution in [2.24, 2.45) is 0 Å². The molecule has 0 amide bonds. The lowest BCUT2D eigenvalue weighted by molar-refractivity contribution is -0.141. The summed E-state index contributed by atoms with van der Waals surface area (Å²) >= 11 is 0. The lowest BCUT2D eigenvalue weighted by atomic mass is 10.1. The molecule has 1 aromatic heterocycles. The predicted octanol–water partition coefficient (Wildman–Crippen LogP) is 3.65. The first-order valence-electron chi connectivity index (χ1n) is 5.58. The molecule has 0 N–H and O–H groups in total. The molecule has 0 radical (unpaired) electrons. The summed E-state index contributed by atoms with van der Waals surface area (Å²) in [5, 5.41) is 8.98. The number of rotatable bonds is 2. The molecule has 0 saturated carbocycles. The number of benzene rings is 1. The number of hydrogen-bond acceptors (Lipinski definition) is 3. The zero-order valence-electron chi connectivity index (χ0n) is 10.4. The number of methoxy groups -OCH3 is 1. The van der Waals surface area contributed by atoms with Gasteiger partial charge in [-0.2, -0.15) is 18.4 Å². The summed E-state index contributed by atoms with van der Waals surface area (Å²) in [6.07, 6.45) is -4.55. The first-order chi connectivity index (χ1) is 9.45. The van der Waals surface area contributed by atoms with Crippen molar-refractivity contribution in [3.63, 3.8) is 0 Å². The standard InChI is InChI=1S/C14H9F3N2O/c1-20-11-5-2-9(3-6-11)13-10(8-18)4-7-12(19-13)14(15,16)17/h2-7H,1H3. The minimum atomic E-state index is -4.55. The van der Waals surface area contributed by atoms with Crippen LogP contribution < -0.4 is 4.74 Å². The van der Waals surface area contributed by atoms with Gasteiger partial charge in [0.05, 0.1) is 18.4 Å². The second kappa shape index (κ2) is 5.21. The van der Waals surface area contributed by atoms with Gasteiger partial charge in [-0.15, -0.1) is 0 Å². The van der Waals surface area contributed by atoms with Crippen molar-refractivity contribution in [2.45, 2.75) is 6.18 Å². The molecule has 0 fully saturated rings. The van der Waals surface area contributed by atoms with Crippen LogP contribution in [0.1, 0.15) is 11.3 Å². The van der Waals surface area contributed by atoms with Crippen LogP contribution in [0.5, 0.6) is 5.75 Å². The van der Waals surface area contributed by atoms with Crippen LogP contribution in [-0.4, -0.2) is 12.1 Å². The zero-order chi connectivity index (χ0) is 14.8. The van der Waals surface area contributed by atoms with E-state index in [1.54, 1.807) is 24.3 Å². The van der Waals surface area contributed by atoms with Gasteiger partial charge >= 0.3 is 6.18 Å². The van der Waals surface area contributed by atoms with Gasteiger partial charge in [0.25, 0.3) is 0 Å². The average molecular weight is 278 g/mol. The van der Waals surface area contributed by atoms with Crippen molar-refractivity contribution < 1.29 is 17.9 Å². The molecule has 0 bridgehead atoms. The molecule has 0 aliphatic rings. The van der Waals surface area contributed by atoms with E-state index in [0.717, 1.165) is 12.1 Å². The number of hydrogen-bond donors (Lipinski definition) is 0. The highest BCUT2D eigenvalue weighted by atomic mass is 19.4. The molecule has 0 atom stereocenters. The van der Waals surface area contributed by atoms with E-state index in [1.807, 2.05) is 6.07 Å². The van der Waals surface area contributed by atoms with Crippen LogP contribution in [0.25, 0.3) is 11.3 Å². The number of alkyl halides is 3. The summed E-state index contributed by atoms with van der Waals surface area (Å²) in [6.45, 7) is 0. The molecule has 3 nitrogen and oxygen atoms in total. The Labute approximate surface area is 113 Å². The molecule has 102 valence electrons. The predicted molar refractivity (Wildman–Crippen MR) is 65.9 cm³/mol. The van der Waals surface area contributed by atoms with Gasteiger partial charge in [0.1, 0.15) is 17.5 Å². The Morgan fingerprint density at radius 1 is 1.10 bits per heavy atom. The molecule has 0 aliphatic carbocycles. The smallest absolute Gasteiger partial charge is 0.433 e. The third-order valence-corrected chi connectivity index (χ3v) is 2.67. The van der Waals surface area contributed by atoms with E-state index in [-0.39, 0.29) is 11.3 Å². The van der Waals surface area contributed by atoms with Crippen molar-refractivity contribution >= 4 is 0 Å². The second-order valence-electron chi connectivity index (χ2n) is 3.93. The summed E-state index contributed by atoms with van der Waals surface area (Å²) in [4.78, 5) is 3.55. The Morgan fingerprint density at radius 3 is 2.25 bits per heavy atom. The van der Waals surface area contributed by atoms with Crippen LogP contribution in [0.2, 0.25) is 0 Å². The van der Waals surface area contributed by atoms with Crippen molar-refractivity contribution in [1.29, 1.82) is 5.26 Å². The van der Waals surface area contributed by atoms with Crippen LogP contribution in [0.15, 0.2) is 36.4 Å². The lowest BCUT2D eigenvalue weighted by Crippen LogP contribution is -2.09. The highest BCUT2D eigenvalue weighted by Gasteiger charge is 2.33. The number of aromatic nitrogens is 1. The SMILES string of the molecule is COc1ccc(-c2nc(C(F)(F)F)ccc2C#N)cc1. The van der Waals surface area contributed by atoms with Crippen LogP contribution in [0.4, 0.5) is 13.2 Å². The van der Waals surface area contributed by atoms with Crippen LogP contribution >= 0.6 is 0 Å². The molecule has 1 aromatic carbocycles. The van der Waals surface area contributed by atoms with E-state index in [2.05, 4.69) is 4.98 Å². The highest BCUT2D eigenvalue weighted by Crippen LogP contribution is 2.31. The molecule has 0 unspecified atom stereocenters. The van der Waals surface area contributed by atoms with Crippen LogP contribution in [-0.2, 0) is 6.18 Å². The molecule has 0 spiro atoms. The fourth-order valence-electron chi connectivity index (χ4n) is 1.68. The normalized spacial score (nSPS) is 10.9. The quantitative estimate of drug-likeness (QED) is 0.842. The van der Waals surface area contributed by atoms with E-state index < -0.39 is 11.9 Å². The third kappa shape index (κ3) is 2.72. The first-order valence-corrected chi connectivity index (χ1v) is 5.58. The molecular weight excluding hydrogens is 269 g/mol. The number of pyridine rings is 1. The van der Waals surface area contributed by atoms with Crippen LogP contribution in [0, 0.1) is 11.3 Å². The fourth-order valence-corrected chi connectivity index (χ4v) is 1.68. The molecule has 0 saturated heterocycles. The third-order valence-electron chi connectivity index (χ3n) is 2.67. The first kappa shape index (κ1) is 13.9. The summed E-state index contributed by atoms with van der Waals surface area (Å²) < 4.78 is 43.0. The summed E-state index contributed by atoms with van der Waals surface area (Å²) in [5.41, 5.74) is -0.510. The monoisotopic (exact) mass is 278 g/mol. The minimum absolute atomic E-state index is 0.00461. The number of nitriles is 1. The number of nitrogens with zero attached hydrogens (tertiary/aromatic N) is 2. The van der Waals surface area contributed by atoms with Gasteiger partial charge in [-0.1, -0.05) is 0 Å². The maximum absolute atomic E-state index is 12.7. The van der Waals surface area contributed by atoms with Crippen molar-refractivity contribution in [3.05, 3.63) is 47.7 Å². The van der Waals surface area contributed by atoms with Gasteiger partial charge in [0.15, 0.2) is 0 Å². The average Bonchev–Trinajstić information content (AvgIpc) is 2.45. The molecule has 1 heterocycles. The Hall–Kier alpha value is -2.55. The lowest BCUT2D eigenvalue weighted by Gasteiger charge is -2.09. The maximum Gasteiger partial charge on any atom is 0.433 e. The Morgan fingerprint density at radius 2 is 1.75 bits per heavy atom. The molecule has 0 aliphatic heterocycles. The Bertz CT molecular complexity index is 658. The van der Waals surface area contributed by atoms with Gasteiger partial charge in [-0.3, -0.25) is 0 Å². The molecule has 6 heteroatoms. The van der Waals surface area contributed by atoms with E-state index >= 15 is 0 Å². The second-order valence-corrected chi connectivity index (χ2v) is 3.93. The summed E-state index contributed by atoms with van der Waals surface area (Å²) in [6, 6.07) is 10.1. The molecule has 2 aromatic rings. The van der Waals surface area contributed by atoms with Crippen molar-refractivity contribution in [2.75, 3.05) is 7.11 Å². The van der Waals surface area contributed by atoms with E-state index in [0.29, 0.717) is 11.3 Å². The Balaban J connectivity index is 2.55. The highest BCUT2D eigenvalue weighted by molar-refractivity contribution is 5.67. The van der Waals surface area contributed by atoms with Crippen LogP contribution in [0.3, 0.4) is 0 Å². The van der Waals surface area contributed by atoms with Gasteiger partial charge < -0.3 is 4.74 Å². The van der Waals surface area contributed by atoms with E-state index in [9.17, 15) is 13.2 Å². The minimum Gasteiger partial charge on any atom is -0.497 e. The summed E-state index contributed by atoms with van der Waals surface area (Å²) in [7, 11) is 1.48. The van der Waals surface area contributed by atoms with E-state index in [4.69, 9.17) is 10.00 Å². The molecular formula is C14H9F3N2O. The van der Waals surface area contributed by atoms with Gasteiger partial charge in [-0.05, 0) is 36.4 Å². The van der Waals surface area contributed by atoms with Gasteiger partial charge in [0.2, 0.25) is 0 Å².